The van der Waals surface area contributed by atoms with E-state index in [4.69, 9.17) is 0 Å². The van der Waals surface area contributed by atoms with Crippen molar-refractivity contribution in [2.45, 2.75) is 13.5 Å². The Morgan fingerprint density at radius 3 is 2.74 bits per heavy atom. The second-order valence-corrected chi connectivity index (χ2v) is 8.29. The summed E-state index contributed by atoms with van der Waals surface area (Å²) < 4.78 is 0. The standard InChI is InChI=1S/C24H29N9.ClH/c1-3-32(2)23-14-20(27-16-28-23)18-4-5-19-21(13-18)30-24(29-19)31-22-12-17(6-7-26-22)15-33-10-8-25-9-11-33;/h4-7,12-14,16,25H,3,8-11,15H2,1-2H3,(H2,26,29,30,31);1H. The van der Waals surface area contributed by atoms with Crippen LogP contribution in [0.3, 0.4) is 0 Å². The third-order valence-corrected chi connectivity index (χ3v) is 5.98. The van der Waals surface area contributed by atoms with E-state index in [1.807, 2.05) is 31.4 Å². The molecule has 3 aromatic heterocycles. The predicted molar refractivity (Wildman–Crippen MR) is 139 cm³/mol. The fourth-order valence-electron chi connectivity index (χ4n) is 3.99. The lowest BCUT2D eigenvalue weighted by Crippen LogP contribution is -2.42. The number of imidazole rings is 1. The summed E-state index contributed by atoms with van der Waals surface area (Å²) in [6.45, 7) is 8.14. The number of aromatic nitrogens is 5. The van der Waals surface area contributed by atoms with Crippen molar-refractivity contribution in [1.29, 1.82) is 0 Å². The van der Waals surface area contributed by atoms with Gasteiger partial charge in [-0.05, 0) is 36.8 Å². The number of benzene rings is 1. The molecule has 1 saturated heterocycles. The number of hydrogen-bond acceptors (Lipinski definition) is 8. The molecule has 1 aliphatic rings. The summed E-state index contributed by atoms with van der Waals surface area (Å²) >= 11 is 0. The van der Waals surface area contributed by atoms with E-state index in [-0.39, 0.29) is 12.4 Å². The number of anilines is 3. The molecular weight excluding hydrogens is 450 g/mol. The molecule has 0 amide bonds. The molecule has 34 heavy (non-hydrogen) atoms. The highest BCUT2D eigenvalue weighted by molar-refractivity contribution is 5.85. The molecule has 10 heteroatoms. The van der Waals surface area contributed by atoms with Crippen LogP contribution in [0.25, 0.3) is 22.3 Å². The van der Waals surface area contributed by atoms with Gasteiger partial charge in [0, 0.05) is 64.1 Å². The van der Waals surface area contributed by atoms with Crippen LogP contribution in [0, 0.1) is 0 Å². The number of piperazine rings is 1. The van der Waals surface area contributed by atoms with Crippen molar-refractivity contribution in [3.63, 3.8) is 0 Å². The second-order valence-electron chi connectivity index (χ2n) is 8.29. The maximum Gasteiger partial charge on any atom is 0.206 e. The van der Waals surface area contributed by atoms with Crippen LogP contribution in [0.5, 0.6) is 0 Å². The first-order valence-corrected chi connectivity index (χ1v) is 11.4. The van der Waals surface area contributed by atoms with Gasteiger partial charge in [-0.3, -0.25) is 4.90 Å². The minimum absolute atomic E-state index is 0. The van der Waals surface area contributed by atoms with E-state index >= 15 is 0 Å². The van der Waals surface area contributed by atoms with Crippen molar-refractivity contribution in [2.75, 3.05) is 50.0 Å². The quantitative estimate of drug-likeness (QED) is 0.371. The highest BCUT2D eigenvalue weighted by Gasteiger charge is 2.12. The van der Waals surface area contributed by atoms with Gasteiger partial charge in [-0.15, -0.1) is 12.4 Å². The van der Waals surface area contributed by atoms with Crippen LogP contribution in [0.2, 0.25) is 0 Å². The maximum atomic E-state index is 4.68. The van der Waals surface area contributed by atoms with Crippen molar-refractivity contribution in [2.24, 2.45) is 0 Å². The van der Waals surface area contributed by atoms with Crippen LogP contribution < -0.4 is 15.5 Å². The SMILES string of the molecule is CCN(C)c1cc(-c2ccc3nc(Nc4cc(CN5CCNCC5)ccn4)[nH]c3c2)ncn1.Cl. The van der Waals surface area contributed by atoms with Gasteiger partial charge in [0.25, 0.3) is 0 Å². The number of aromatic amines is 1. The van der Waals surface area contributed by atoms with Gasteiger partial charge < -0.3 is 20.5 Å². The Morgan fingerprint density at radius 1 is 1.06 bits per heavy atom. The Bertz CT molecular complexity index is 1240. The van der Waals surface area contributed by atoms with E-state index in [0.29, 0.717) is 5.95 Å². The highest BCUT2D eigenvalue weighted by Crippen LogP contribution is 2.25. The third kappa shape index (κ3) is 5.44. The van der Waals surface area contributed by atoms with Gasteiger partial charge in [-0.1, -0.05) is 6.07 Å². The van der Waals surface area contributed by atoms with Crippen LogP contribution in [-0.4, -0.2) is 69.6 Å². The van der Waals surface area contributed by atoms with Gasteiger partial charge in [-0.2, -0.15) is 0 Å². The van der Waals surface area contributed by atoms with E-state index in [1.54, 1.807) is 6.33 Å². The molecule has 0 saturated carbocycles. The average molecular weight is 480 g/mol. The second kappa shape index (κ2) is 10.8. The Labute approximate surface area is 205 Å². The van der Waals surface area contributed by atoms with Gasteiger partial charge >= 0.3 is 0 Å². The van der Waals surface area contributed by atoms with Gasteiger partial charge in [0.05, 0.1) is 16.7 Å². The topological polar surface area (TPSA) is 97.9 Å². The smallest absolute Gasteiger partial charge is 0.206 e. The molecule has 1 aliphatic heterocycles. The van der Waals surface area contributed by atoms with Crippen molar-refractivity contribution in [1.82, 2.24) is 35.1 Å². The highest BCUT2D eigenvalue weighted by atomic mass is 35.5. The summed E-state index contributed by atoms with van der Waals surface area (Å²) in [4.78, 5) is 25.9. The molecule has 0 bridgehead atoms. The summed E-state index contributed by atoms with van der Waals surface area (Å²) in [6, 6.07) is 12.3. The van der Waals surface area contributed by atoms with Crippen molar-refractivity contribution >= 4 is 41.0 Å². The predicted octanol–water partition coefficient (Wildman–Crippen LogP) is 3.44. The first-order chi connectivity index (χ1) is 16.2. The lowest BCUT2D eigenvalue weighted by Gasteiger charge is -2.27. The van der Waals surface area contributed by atoms with E-state index in [2.05, 4.69) is 70.5 Å². The molecule has 1 fully saturated rings. The molecule has 3 N–H and O–H groups in total. The van der Waals surface area contributed by atoms with Crippen LogP contribution in [0.1, 0.15) is 12.5 Å². The molecule has 4 heterocycles. The van der Waals surface area contributed by atoms with Crippen molar-refractivity contribution in [3.8, 4) is 11.3 Å². The van der Waals surface area contributed by atoms with Gasteiger partial charge in [-0.25, -0.2) is 19.9 Å². The van der Waals surface area contributed by atoms with Gasteiger partial charge in [0.15, 0.2) is 0 Å². The summed E-state index contributed by atoms with van der Waals surface area (Å²) in [5, 5.41) is 6.71. The molecule has 0 aliphatic carbocycles. The van der Waals surface area contributed by atoms with E-state index in [9.17, 15) is 0 Å². The summed E-state index contributed by atoms with van der Waals surface area (Å²) in [6.07, 6.45) is 3.46. The molecule has 0 radical (unpaired) electrons. The Kier molecular flexibility index (Phi) is 7.56. The summed E-state index contributed by atoms with van der Waals surface area (Å²) in [5.74, 6) is 2.36. The van der Waals surface area contributed by atoms with Crippen LogP contribution in [-0.2, 0) is 6.54 Å². The Balaban J connectivity index is 0.00000274. The first kappa shape index (κ1) is 23.9. The van der Waals surface area contributed by atoms with E-state index in [1.165, 1.54) is 5.56 Å². The lowest BCUT2D eigenvalue weighted by molar-refractivity contribution is 0.233. The zero-order chi connectivity index (χ0) is 22.6. The molecule has 0 unspecified atom stereocenters. The molecule has 4 aromatic rings. The molecule has 0 atom stereocenters. The molecular formula is C24H30ClN9. The number of nitrogens with zero attached hydrogens (tertiary/aromatic N) is 6. The van der Waals surface area contributed by atoms with Gasteiger partial charge in [0.1, 0.15) is 18.0 Å². The largest absolute Gasteiger partial charge is 0.360 e. The zero-order valence-electron chi connectivity index (χ0n) is 19.5. The number of hydrogen-bond donors (Lipinski definition) is 3. The minimum atomic E-state index is 0. The number of pyridine rings is 1. The number of H-pyrrole nitrogens is 1. The summed E-state index contributed by atoms with van der Waals surface area (Å²) in [7, 11) is 2.02. The zero-order valence-corrected chi connectivity index (χ0v) is 20.3. The Morgan fingerprint density at radius 2 is 1.91 bits per heavy atom. The van der Waals surface area contributed by atoms with Crippen LogP contribution >= 0.6 is 12.4 Å². The van der Waals surface area contributed by atoms with E-state index < -0.39 is 0 Å². The number of fused-ring (bicyclic) bond motifs is 1. The molecule has 5 rings (SSSR count). The fourth-order valence-corrected chi connectivity index (χ4v) is 3.99. The fraction of sp³-hybridized carbons (Fsp3) is 0.333. The van der Waals surface area contributed by atoms with Gasteiger partial charge in [0.2, 0.25) is 5.95 Å². The third-order valence-electron chi connectivity index (χ3n) is 5.98. The molecule has 1 aromatic carbocycles. The number of halogens is 1. The maximum absolute atomic E-state index is 4.68. The average Bonchev–Trinajstić information content (AvgIpc) is 3.26. The number of rotatable bonds is 7. The summed E-state index contributed by atoms with van der Waals surface area (Å²) in [5.41, 5.74) is 4.97. The molecule has 9 nitrogen and oxygen atoms in total. The Hall–Kier alpha value is -3.27. The monoisotopic (exact) mass is 479 g/mol. The number of nitrogens with one attached hydrogen (secondary N) is 3. The normalized spacial score (nSPS) is 14.1. The van der Waals surface area contributed by atoms with E-state index in [0.717, 1.165) is 73.2 Å². The molecule has 178 valence electrons. The van der Waals surface area contributed by atoms with Crippen molar-refractivity contribution in [3.05, 3.63) is 54.5 Å². The van der Waals surface area contributed by atoms with Crippen LogP contribution in [0.15, 0.2) is 48.9 Å². The first-order valence-electron chi connectivity index (χ1n) is 11.4. The minimum Gasteiger partial charge on any atom is -0.360 e. The lowest BCUT2D eigenvalue weighted by atomic mass is 10.1. The van der Waals surface area contributed by atoms with Crippen LogP contribution in [0.4, 0.5) is 17.6 Å². The molecule has 0 spiro atoms. The van der Waals surface area contributed by atoms with Crippen molar-refractivity contribution < 1.29 is 0 Å².